The second kappa shape index (κ2) is 6.96. The van der Waals surface area contributed by atoms with Crippen molar-refractivity contribution in [3.63, 3.8) is 0 Å². The number of rotatable bonds is 5. The Balaban J connectivity index is 1.98. The molecule has 0 bridgehead atoms. The highest BCUT2D eigenvalue weighted by Crippen LogP contribution is 2.36. The number of pyridine rings is 2. The van der Waals surface area contributed by atoms with Crippen molar-refractivity contribution in [2.45, 2.75) is 13.3 Å². The molecule has 4 aromatic rings. The zero-order chi connectivity index (χ0) is 17.9. The van der Waals surface area contributed by atoms with Gasteiger partial charge in [0.15, 0.2) is 0 Å². The SMILES string of the molecule is CCCOc1cccc2c(-c3ccncc3)c(-c3ccc(F)cc3)nn12. The molecule has 4 rings (SSSR count). The maximum atomic E-state index is 13.4. The lowest BCUT2D eigenvalue weighted by atomic mass is 10.0. The Bertz CT molecular complexity index is 1030. The van der Waals surface area contributed by atoms with Gasteiger partial charge < -0.3 is 4.74 Å². The van der Waals surface area contributed by atoms with Crippen LogP contribution in [-0.2, 0) is 0 Å². The van der Waals surface area contributed by atoms with Gasteiger partial charge in [-0.3, -0.25) is 4.98 Å². The number of nitrogens with zero attached hydrogens (tertiary/aromatic N) is 3. The van der Waals surface area contributed by atoms with Crippen LogP contribution in [0.5, 0.6) is 5.88 Å². The molecule has 0 amide bonds. The third-order valence-corrected chi connectivity index (χ3v) is 4.16. The molecule has 5 heteroatoms. The van der Waals surface area contributed by atoms with Gasteiger partial charge in [0.2, 0.25) is 5.88 Å². The van der Waals surface area contributed by atoms with E-state index < -0.39 is 0 Å². The first-order valence-corrected chi connectivity index (χ1v) is 8.59. The van der Waals surface area contributed by atoms with Crippen LogP contribution in [-0.4, -0.2) is 21.2 Å². The van der Waals surface area contributed by atoms with Crippen LogP contribution in [0.3, 0.4) is 0 Å². The fourth-order valence-electron chi connectivity index (χ4n) is 2.97. The first-order chi connectivity index (χ1) is 12.8. The normalized spacial score (nSPS) is 11.0. The van der Waals surface area contributed by atoms with Crippen molar-refractivity contribution >= 4 is 5.52 Å². The molecular formula is C21H18FN3O. The summed E-state index contributed by atoms with van der Waals surface area (Å²) in [5, 5.41) is 4.79. The maximum Gasteiger partial charge on any atom is 0.214 e. The van der Waals surface area contributed by atoms with Gasteiger partial charge in [-0.1, -0.05) is 13.0 Å². The highest BCUT2D eigenvalue weighted by Gasteiger charge is 2.18. The van der Waals surface area contributed by atoms with Crippen LogP contribution in [0.4, 0.5) is 4.39 Å². The van der Waals surface area contributed by atoms with Crippen molar-refractivity contribution in [2.75, 3.05) is 6.61 Å². The number of benzene rings is 1. The van der Waals surface area contributed by atoms with Crippen LogP contribution in [0.1, 0.15) is 13.3 Å². The van der Waals surface area contributed by atoms with Gasteiger partial charge in [0.25, 0.3) is 0 Å². The van der Waals surface area contributed by atoms with Crippen LogP contribution < -0.4 is 4.74 Å². The molecule has 0 unspecified atom stereocenters. The predicted molar refractivity (Wildman–Crippen MR) is 99.6 cm³/mol. The number of hydrogen-bond donors (Lipinski definition) is 0. The fraction of sp³-hybridized carbons (Fsp3) is 0.143. The van der Waals surface area contributed by atoms with E-state index in [2.05, 4.69) is 11.9 Å². The summed E-state index contributed by atoms with van der Waals surface area (Å²) < 4.78 is 21.0. The highest BCUT2D eigenvalue weighted by molar-refractivity contribution is 5.92. The number of fused-ring (bicyclic) bond motifs is 1. The predicted octanol–water partition coefficient (Wildman–Crippen LogP) is 4.99. The van der Waals surface area contributed by atoms with E-state index in [0.29, 0.717) is 12.5 Å². The summed E-state index contributed by atoms with van der Waals surface area (Å²) in [6.07, 6.45) is 4.43. The highest BCUT2D eigenvalue weighted by atomic mass is 19.1. The van der Waals surface area contributed by atoms with Gasteiger partial charge in [0, 0.05) is 29.6 Å². The number of ether oxygens (including phenoxy) is 1. The van der Waals surface area contributed by atoms with Crippen LogP contribution in [0.15, 0.2) is 67.0 Å². The van der Waals surface area contributed by atoms with Crippen LogP contribution in [0, 0.1) is 5.82 Å². The average Bonchev–Trinajstić information content (AvgIpc) is 3.07. The lowest BCUT2D eigenvalue weighted by Crippen LogP contribution is -2.01. The molecule has 130 valence electrons. The van der Waals surface area contributed by atoms with E-state index in [1.165, 1.54) is 12.1 Å². The topological polar surface area (TPSA) is 39.4 Å². The Morgan fingerprint density at radius 1 is 0.962 bits per heavy atom. The second-order valence-electron chi connectivity index (χ2n) is 5.98. The van der Waals surface area contributed by atoms with Crippen molar-refractivity contribution in [3.05, 3.63) is 72.8 Å². The number of aromatic nitrogens is 3. The standard InChI is InChI=1S/C21H18FN3O/c1-2-14-26-19-5-3-4-18-20(15-10-12-23-13-11-15)21(24-25(18)19)16-6-8-17(22)9-7-16/h3-13H,2,14H2,1H3. The molecule has 0 fully saturated rings. The average molecular weight is 347 g/mol. The Kier molecular flexibility index (Phi) is 4.35. The van der Waals surface area contributed by atoms with Crippen LogP contribution >= 0.6 is 0 Å². The second-order valence-corrected chi connectivity index (χ2v) is 5.98. The summed E-state index contributed by atoms with van der Waals surface area (Å²) in [6, 6.07) is 16.2. The summed E-state index contributed by atoms with van der Waals surface area (Å²) in [7, 11) is 0. The van der Waals surface area contributed by atoms with Gasteiger partial charge in [-0.05, 0) is 54.4 Å². The van der Waals surface area contributed by atoms with Gasteiger partial charge in [-0.25, -0.2) is 4.39 Å². The van der Waals surface area contributed by atoms with Gasteiger partial charge in [0.05, 0.1) is 12.1 Å². The van der Waals surface area contributed by atoms with Gasteiger partial charge in [-0.15, -0.1) is 0 Å². The minimum absolute atomic E-state index is 0.269. The Hall–Kier alpha value is -3.21. The molecule has 3 heterocycles. The smallest absolute Gasteiger partial charge is 0.214 e. The quantitative estimate of drug-likeness (QED) is 0.510. The van der Waals surface area contributed by atoms with Crippen LogP contribution in [0.25, 0.3) is 27.9 Å². The fourth-order valence-corrected chi connectivity index (χ4v) is 2.97. The molecule has 1 aromatic carbocycles. The summed E-state index contributed by atoms with van der Waals surface area (Å²) in [5.74, 6) is 0.419. The molecular weight excluding hydrogens is 329 g/mol. The van der Waals surface area contributed by atoms with E-state index in [9.17, 15) is 4.39 Å². The monoisotopic (exact) mass is 347 g/mol. The molecule has 26 heavy (non-hydrogen) atoms. The van der Waals surface area contributed by atoms with E-state index >= 15 is 0 Å². The summed E-state index contributed by atoms with van der Waals surface area (Å²) >= 11 is 0. The van der Waals surface area contributed by atoms with Crippen molar-refractivity contribution in [2.24, 2.45) is 0 Å². The maximum absolute atomic E-state index is 13.4. The van der Waals surface area contributed by atoms with Gasteiger partial charge >= 0.3 is 0 Å². The summed E-state index contributed by atoms with van der Waals surface area (Å²) in [6.45, 7) is 2.69. The third-order valence-electron chi connectivity index (χ3n) is 4.16. The van der Waals surface area contributed by atoms with Crippen molar-refractivity contribution in [1.82, 2.24) is 14.6 Å². The van der Waals surface area contributed by atoms with Gasteiger partial charge in [-0.2, -0.15) is 9.61 Å². The van der Waals surface area contributed by atoms with Crippen molar-refractivity contribution in [3.8, 4) is 28.3 Å². The minimum atomic E-state index is -0.269. The van der Waals surface area contributed by atoms with E-state index in [4.69, 9.17) is 9.84 Å². The molecule has 0 spiro atoms. The molecule has 0 aliphatic carbocycles. The zero-order valence-electron chi connectivity index (χ0n) is 14.4. The molecule has 0 atom stereocenters. The number of hydrogen-bond acceptors (Lipinski definition) is 3. The molecule has 3 aromatic heterocycles. The molecule has 4 nitrogen and oxygen atoms in total. The van der Waals surface area contributed by atoms with E-state index in [-0.39, 0.29) is 5.82 Å². The molecule has 0 saturated carbocycles. The molecule has 0 saturated heterocycles. The molecule has 0 aliphatic heterocycles. The Morgan fingerprint density at radius 2 is 1.73 bits per heavy atom. The third kappa shape index (κ3) is 2.92. The van der Waals surface area contributed by atoms with Gasteiger partial charge in [0.1, 0.15) is 11.5 Å². The Labute approximate surface area is 150 Å². The lowest BCUT2D eigenvalue weighted by molar-refractivity contribution is 0.297. The van der Waals surface area contributed by atoms with E-state index in [1.54, 1.807) is 24.5 Å². The molecule has 0 radical (unpaired) electrons. The number of halogens is 1. The molecule has 0 aliphatic rings. The van der Waals surface area contributed by atoms with Crippen molar-refractivity contribution < 1.29 is 9.13 Å². The van der Waals surface area contributed by atoms with Crippen LogP contribution in [0.2, 0.25) is 0 Å². The lowest BCUT2D eigenvalue weighted by Gasteiger charge is -2.06. The first kappa shape index (κ1) is 16.3. The summed E-state index contributed by atoms with van der Waals surface area (Å²) in [4.78, 5) is 4.11. The molecule has 0 N–H and O–H groups in total. The van der Waals surface area contributed by atoms with E-state index in [1.807, 2.05) is 34.8 Å². The van der Waals surface area contributed by atoms with Crippen molar-refractivity contribution in [1.29, 1.82) is 0 Å². The zero-order valence-corrected chi connectivity index (χ0v) is 14.4. The van der Waals surface area contributed by atoms with E-state index in [0.717, 1.165) is 34.3 Å². The summed E-state index contributed by atoms with van der Waals surface area (Å²) in [5.41, 5.74) is 4.54. The first-order valence-electron chi connectivity index (χ1n) is 8.59. The minimum Gasteiger partial charge on any atom is -0.478 e. The largest absolute Gasteiger partial charge is 0.478 e. The Morgan fingerprint density at radius 3 is 2.46 bits per heavy atom.